The van der Waals surface area contributed by atoms with Crippen molar-refractivity contribution in [3.8, 4) is 78.9 Å². The van der Waals surface area contributed by atoms with Crippen molar-refractivity contribution in [1.29, 1.82) is 0 Å². The van der Waals surface area contributed by atoms with Crippen molar-refractivity contribution in [2.24, 2.45) is 0 Å². The Bertz CT molecular complexity index is 3810. The first-order valence-electron chi connectivity index (χ1n) is 24.3. The molecule has 4 nitrogen and oxygen atoms in total. The second-order valence-electron chi connectivity index (χ2n) is 18.8. The second kappa shape index (κ2) is 15.6. The van der Waals surface area contributed by atoms with Crippen LogP contribution in [0.25, 0.3) is 99.5 Å². The highest BCUT2D eigenvalue weighted by molar-refractivity contribution is 6.98. The Morgan fingerprint density at radius 2 is 0.577 bits per heavy atom. The van der Waals surface area contributed by atoms with Gasteiger partial charge in [0.2, 0.25) is 0 Å². The molecule has 2 aromatic heterocycles. The van der Waals surface area contributed by atoms with E-state index in [1.807, 2.05) is 6.07 Å². The lowest BCUT2D eigenvalue weighted by Gasteiger charge is -2.33. The van der Waals surface area contributed by atoms with E-state index in [0.717, 1.165) is 72.8 Å². The maximum atomic E-state index is 6.92. The summed E-state index contributed by atoms with van der Waals surface area (Å²) in [6, 6.07) is 89.8. The van der Waals surface area contributed by atoms with E-state index in [1.54, 1.807) is 0 Å². The maximum Gasteiger partial charge on any atom is 0.260 e. The predicted octanol–water partition coefficient (Wildman–Crippen LogP) is 15.3. The number of fused-ring (bicyclic) bond motifs is 10. The number of hydrogen-bond acceptors (Lipinski definition) is 2. The zero-order chi connectivity index (χ0) is 46.6. The molecule has 0 fully saturated rings. The topological polar surface area (TPSA) is 28.3 Å². The summed E-state index contributed by atoms with van der Waals surface area (Å²) in [4.78, 5) is 0. The first-order chi connectivity index (χ1) is 35.2. The van der Waals surface area contributed by atoms with Crippen LogP contribution in [-0.2, 0) is 0 Å². The Labute approximate surface area is 410 Å². The van der Waals surface area contributed by atoms with Gasteiger partial charge in [0, 0.05) is 50.5 Å². The third kappa shape index (κ3) is 6.26. The molecule has 0 bridgehead atoms. The molecule has 0 saturated carbocycles. The van der Waals surface area contributed by atoms with Gasteiger partial charge in [-0.15, -0.1) is 0 Å². The number of rotatable bonds is 6. The predicted molar refractivity (Wildman–Crippen MR) is 295 cm³/mol. The molecule has 0 aliphatic carbocycles. The highest BCUT2D eigenvalue weighted by atomic mass is 16.5. The van der Waals surface area contributed by atoms with E-state index in [0.29, 0.717) is 0 Å². The van der Waals surface area contributed by atoms with Gasteiger partial charge in [-0.05, 0) is 128 Å². The van der Waals surface area contributed by atoms with E-state index >= 15 is 0 Å². The molecule has 2 aliphatic rings. The molecule has 0 saturated heterocycles. The van der Waals surface area contributed by atoms with Gasteiger partial charge in [-0.1, -0.05) is 164 Å². The number of hydrogen-bond donors (Lipinski definition) is 0. The molecule has 5 heteroatoms. The Kier molecular flexibility index (Phi) is 8.72. The number of benzene rings is 11. The minimum Gasteiger partial charge on any atom is -0.458 e. The zero-order valence-corrected chi connectivity index (χ0v) is 38.5. The van der Waals surface area contributed by atoms with Gasteiger partial charge < -0.3 is 18.6 Å². The summed E-state index contributed by atoms with van der Waals surface area (Å²) >= 11 is 0. The monoisotopic (exact) mass is 904 g/mol. The molecular weight excluding hydrogens is 864 g/mol. The van der Waals surface area contributed by atoms with Crippen molar-refractivity contribution in [3.63, 3.8) is 0 Å². The van der Waals surface area contributed by atoms with Crippen molar-refractivity contribution < 1.29 is 9.47 Å². The molecule has 13 aromatic rings. The molecular formula is C66H41BN2O2. The molecule has 0 radical (unpaired) electrons. The second-order valence-corrected chi connectivity index (χ2v) is 18.8. The molecule has 0 atom stereocenters. The summed E-state index contributed by atoms with van der Waals surface area (Å²) in [5, 5.41) is 4.83. The Morgan fingerprint density at radius 3 is 0.901 bits per heavy atom. The van der Waals surface area contributed by atoms with Crippen molar-refractivity contribution in [2.75, 3.05) is 0 Å². The average Bonchev–Trinajstić information content (AvgIpc) is 3.95. The summed E-state index contributed by atoms with van der Waals surface area (Å²) in [5.41, 5.74) is 19.5. The summed E-state index contributed by atoms with van der Waals surface area (Å²) in [7, 11) is 0. The van der Waals surface area contributed by atoms with Crippen LogP contribution < -0.4 is 25.9 Å². The standard InChI is InChI=1S/C66H41BN2O2/c1-5-14-42(15-6-1)46-24-32-58-52(36-46)53-37-47(43-16-7-2-8-17-43)25-33-59(53)68(58)50-28-30-56-64(40-50)70-62-22-13-23-63-66(62)67(56)57-31-29-51(41-65(57)71-63)69-60-34-26-48(44-18-9-3-10-19-44)38-54(60)55-39-49(27-35-61(55)69)45-20-11-4-12-21-45/h1-41H. The third-order valence-electron chi connectivity index (χ3n) is 14.8. The lowest BCUT2D eigenvalue weighted by atomic mass is 9.35. The third-order valence-corrected chi connectivity index (χ3v) is 14.8. The van der Waals surface area contributed by atoms with Gasteiger partial charge in [-0.25, -0.2) is 0 Å². The molecule has 15 rings (SSSR count). The number of aromatic nitrogens is 2. The summed E-state index contributed by atoms with van der Waals surface area (Å²) in [5.74, 6) is 3.33. The number of ether oxygens (including phenoxy) is 2. The van der Waals surface area contributed by atoms with Crippen LogP contribution in [0.4, 0.5) is 0 Å². The van der Waals surface area contributed by atoms with Crippen LogP contribution in [0.5, 0.6) is 23.0 Å². The molecule has 0 spiro atoms. The molecule has 2 aliphatic heterocycles. The van der Waals surface area contributed by atoms with E-state index in [4.69, 9.17) is 9.47 Å². The van der Waals surface area contributed by atoms with Crippen molar-refractivity contribution in [1.82, 2.24) is 9.13 Å². The van der Waals surface area contributed by atoms with Crippen LogP contribution in [0.15, 0.2) is 249 Å². The Morgan fingerprint density at radius 1 is 0.254 bits per heavy atom. The number of nitrogens with zero attached hydrogens (tertiary/aromatic N) is 2. The fourth-order valence-corrected chi connectivity index (χ4v) is 11.5. The molecule has 0 amide bonds. The largest absolute Gasteiger partial charge is 0.458 e. The van der Waals surface area contributed by atoms with Gasteiger partial charge in [0.25, 0.3) is 6.71 Å². The first-order valence-corrected chi connectivity index (χ1v) is 24.3. The smallest absolute Gasteiger partial charge is 0.260 e. The summed E-state index contributed by atoms with van der Waals surface area (Å²) in [6.45, 7) is -0.0863. The fourth-order valence-electron chi connectivity index (χ4n) is 11.5. The normalized spacial score (nSPS) is 12.4. The van der Waals surface area contributed by atoms with Crippen LogP contribution in [0.2, 0.25) is 0 Å². The van der Waals surface area contributed by atoms with Gasteiger partial charge in [-0.3, -0.25) is 0 Å². The highest BCUT2D eigenvalue weighted by Gasteiger charge is 2.40. The molecule has 11 aromatic carbocycles. The first kappa shape index (κ1) is 39.7. The van der Waals surface area contributed by atoms with Gasteiger partial charge in [-0.2, -0.15) is 0 Å². The van der Waals surface area contributed by atoms with Crippen molar-refractivity contribution >= 4 is 66.7 Å². The average molecular weight is 905 g/mol. The van der Waals surface area contributed by atoms with Crippen LogP contribution in [0.1, 0.15) is 0 Å². The maximum absolute atomic E-state index is 6.92. The van der Waals surface area contributed by atoms with E-state index in [9.17, 15) is 0 Å². The van der Waals surface area contributed by atoms with E-state index < -0.39 is 0 Å². The van der Waals surface area contributed by atoms with Gasteiger partial charge in [0.15, 0.2) is 0 Å². The quantitative estimate of drug-likeness (QED) is 0.156. The zero-order valence-electron chi connectivity index (χ0n) is 38.5. The van der Waals surface area contributed by atoms with E-state index in [-0.39, 0.29) is 6.71 Å². The van der Waals surface area contributed by atoms with Crippen LogP contribution >= 0.6 is 0 Å². The Balaban J connectivity index is 0.871. The van der Waals surface area contributed by atoms with E-state index in [2.05, 4.69) is 252 Å². The van der Waals surface area contributed by atoms with Gasteiger partial charge >= 0.3 is 0 Å². The lowest BCUT2D eigenvalue weighted by Crippen LogP contribution is -2.57. The Hall–Kier alpha value is -9.32. The van der Waals surface area contributed by atoms with Crippen molar-refractivity contribution in [3.05, 3.63) is 249 Å². The minimum absolute atomic E-state index is 0.0863. The van der Waals surface area contributed by atoms with Crippen molar-refractivity contribution in [2.45, 2.75) is 0 Å². The lowest BCUT2D eigenvalue weighted by molar-refractivity contribution is 0.464. The molecule has 4 heterocycles. The summed E-state index contributed by atoms with van der Waals surface area (Å²) < 4.78 is 18.6. The summed E-state index contributed by atoms with van der Waals surface area (Å²) in [6.07, 6.45) is 0. The van der Waals surface area contributed by atoms with Crippen LogP contribution in [0, 0.1) is 0 Å². The van der Waals surface area contributed by atoms with Gasteiger partial charge in [0.05, 0.1) is 22.1 Å². The van der Waals surface area contributed by atoms with Gasteiger partial charge in [0.1, 0.15) is 23.0 Å². The highest BCUT2D eigenvalue weighted by Crippen LogP contribution is 2.42. The molecule has 71 heavy (non-hydrogen) atoms. The van der Waals surface area contributed by atoms with Crippen LogP contribution in [-0.4, -0.2) is 15.8 Å². The molecule has 0 N–H and O–H groups in total. The fraction of sp³-hybridized carbons (Fsp3) is 0. The molecule has 0 unspecified atom stereocenters. The van der Waals surface area contributed by atoms with E-state index in [1.165, 1.54) is 66.1 Å². The van der Waals surface area contributed by atoms with Crippen LogP contribution in [0.3, 0.4) is 0 Å². The molecule has 330 valence electrons. The minimum atomic E-state index is -0.0863. The SMILES string of the molecule is c1ccc(-c2ccc3c(c2)c2cc(-c4ccccc4)ccc2n3-c2ccc3c(c2)Oc2cccc4c2B3c2ccc(-n3c5ccc(-c6ccccc6)cc5c5cc(-c6ccccc6)ccc53)cc2O4)cc1.